The van der Waals surface area contributed by atoms with Crippen LogP contribution in [0.5, 0.6) is 0 Å². The van der Waals surface area contributed by atoms with E-state index in [4.69, 9.17) is 0 Å². The van der Waals surface area contributed by atoms with E-state index in [2.05, 4.69) is 20.0 Å². The van der Waals surface area contributed by atoms with E-state index in [1.165, 1.54) is 24.3 Å². The molecule has 1 aliphatic heterocycles. The summed E-state index contributed by atoms with van der Waals surface area (Å²) in [6.07, 6.45) is -2.91. The van der Waals surface area contributed by atoms with E-state index in [1.54, 1.807) is 0 Å². The minimum absolute atomic E-state index is 0.0769. The summed E-state index contributed by atoms with van der Waals surface area (Å²) >= 11 is 0. The predicted octanol–water partition coefficient (Wildman–Crippen LogP) is 3.98. The van der Waals surface area contributed by atoms with Gasteiger partial charge in [0.2, 0.25) is 11.7 Å². The summed E-state index contributed by atoms with van der Waals surface area (Å²) in [5.41, 5.74) is 2.72. The fourth-order valence-electron chi connectivity index (χ4n) is 4.00. The van der Waals surface area contributed by atoms with Crippen molar-refractivity contribution in [2.24, 2.45) is 5.92 Å². The van der Waals surface area contributed by atoms with Gasteiger partial charge in [-0.1, -0.05) is 41.6 Å². The average Bonchev–Trinajstić information content (AvgIpc) is 3.40. The van der Waals surface area contributed by atoms with Crippen LogP contribution in [0.2, 0.25) is 0 Å². The van der Waals surface area contributed by atoms with Crippen molar-refractivity contribution in [1.29, 1.82) is 0 Å². The van der Waals surface area contributed by atoms with Gasteiger partial charge in [0.25, 0.3) is 5.91 Å². The highest BCUT2D eigenvalue weighted by atomic mass is 19.4. The molecule has 2 aliphatic rings. The highest BCUT2D eigenvalue weighted by molar-refractivity contribution is 5.94. The maximum Gasteiger partial charge on any atom is 0.471 e. The van der Waals surface area contributed by atoms with Gasteiger partial charge in [-0.2, -0.15) is 18.2 Å². The molecule has 3 aromatic rings. The molecule has 2 heterocycles. The second-order valence-electron chi connectivity index (χ2n) is 8.16. The van der Waals surface area contributed by atoms with Crippen molar-refractivity contribution >= 4 is 11.8 Å². The number of hydrogen-bond acceptors (Lipinski definition) is 5. The molecule has 0 radical (unpaired) electrons. The Hall–Kier alpha value is -3.69. The van der Waals surface area contributed by atoms with Crippen LogP contribution in [0.15, 0.2) is 53.1 Å². The SMILES string of the molecule is O=C(NCC1c2ccccc2CN1C(=O)C1CC1)c1ccc(-c2noc(C(F)(F)F)n2)cc1. The van der Waals surface area contributed by atoms with Crippen LogP contribution >= 0.6 is 0 Å². The van der Waals surface area contributed by atoms with E-state index < -0.39 is 12.1 Å². The third kappa shape index (κ3) is 4.20. The molecule has 10 heteroatoms. The first-order valence-corrected chi connectivity index (χ1v) is 10.5. The fraction of sp³-hybridized carbons (Fsp3) is 0.304. The van der Waals surface area contributed by atoms with Crippen LogP contribution < -0.4 is 5.32 Å². The number of hydrogen-bond donors (Lipinski definition) is 1. The quantitative estimate of drug-likeness (QED) is 0.628. The van der Waals surface area contributed by atoms with Gasteiger partial charge in [-0.05, 0) is 36.1 Å². The molecule has 1 N–H and O–H groups in total. The lowest BCUT2D eigenvalue weighted by molar-refractivity contribution is -0.159. The Morgan fingerprint density at radius 2 is 1.82 bits per heavy atom. The molecular formula is C23H19F3N4O3. The molecule has 33 heavy (non-hydrogen) atoms. The molecule has 1 fully saturated rings. The van der Waals surface area contributed by atoms with Gasteiger partial charge in [0.05, 0.1) is 6.04 Å². The number of aromatic nitrogens is 2. The number of nitrogens with one attached hydrogen (secondary N) is 1. The molecule has 2 aromatic carbocycles. The summed E-state index contributed by atoms with van der Waals surface area (Å²) in [6, 6.07) is 13.4. The number of carbonyl (C=O) groups is 2. The Balaban J connectivity index is 1.27. The molecule has 0 saturated heterocycles. The van der Waals surface area contributed by atoms with Gasteiger partial charge in [-0.3, -0.25) is 9.59 Å². The lowest BCUT2D eigenvalue weighted by atomic mass is 10.0. The zero-order chi connectivity index (χ0) is 23.2. The molecule has 0 spiro atoms. The smallest absolute Gasteiger partial charge is 0.350 e. The van der Waals surface area contributed by atoms with E-state index in [1.807, 2.05) is 29.2 Å². The van der Waals surface area contributed by atoms with Crippen molar-refractivity contribution in [2.45, 2.75) is 31.6 Å². The third-order valence-electron chi connectivity index (χ3n) is 5.87. The van der Waals surface area contributed by atoms with Crippen LogP contribution in [0.4, 0.5) is 13.2 Å². The largest absolute Gasteiger partial charge is 0.471 e. The molecule has 1 aromatic heterocycles. The van der Waals surface area contributed by atoms with Crippen molar-refractivity contribution in [3.05, 3.63) is 71.1 Å². The standard InChI is InChI=1S/C23H19F3N4O3/c24-23(25,26)22-28-19(29-33-22)13-5-7-14(8-6-13)20(31)27-11-18-17-4-2-1-3-16(17)12-30(18)21(32)15-9-10-15/h1-8,15,18H,9-12H2,(H,27,31). The lowest BCUT2D eigenvalue weighted by Gasteiger charge is -2.25. The molecule has 0 bridgehead atoms. The minimum Gasteiger partial charge on any atom is -0.350 e. The van der Waals surface area contributed by atoms with Crippen LogP contribution in [0, 0.1) is 5.92 Å². The molecule has 1 saturated carbocycles. The van der Waals surface area contributed by atoms with Crippen molar-refractivity contribution in [3.63, 3.8) is 0 Å². The number of amides is 2. The normalized spacial score (nSPS) is 17.7. The van der Waals surface area contributed by atoms with E-state index in [-0.39, 0.29) is 41.7 Å². The summed E-state index contributed by atoms with van der Waals surface area (Å²) < 4.78 is 42.2. The second-order valence-corrected chi connectivity index (χ2v) is 8.16. The van der Waals surface area contributed by atoms with Crippen LogP contribution in [-0.4, -0.2) is 33.4 Å². The monoisotopic (exact) mass is 456 g/mol. The topological polar surface area (TPSA) is 88.3 Å². The van der Waals surface area contributed by atoms with E-state index >= 15 is 0 Å². The molecule has 170 valence electrons. The number of nitrogens with zero attached hydrogens (tertiary/aromatic N) is 3. The van der Waals surface area contributed by atoms with Gasteiger partial charge in [0, 0.05) is 30.1 Å². The molecule has 2 amide bonds. The van der Waals surface area contributed by atoms with Crippen LogP contribution in [0.25, 0.3) is 11.4 Å². The van der Waals surface area contributed by atoms with Gasteiger partial charge < -0.3 is 14.7 Å². The van der Waals surface area contributed by atoms with Gasteiger partial charge in [0.15, 0.2) is 0 Å². The Morgan fingerprint density at radius 1 is 1.09 bits per heavy atom. The average molecular weight is 456 g/mol. The minimum atomic E-state index is -4.72. The van der Waals surface area contributed by atoms with Crippen molar-refractivity contribution in [3.8, 4) is 11.4 Å². The number of benzene rings is 2. The second kappa shape index (κ2) is 8.02. The summed E-state index contributed by atoms with van der Waals surface area (Å²) in [7, 11) is 0. The number of halogens is 3. The fourth-order valence-corrected chi connectivity index (χ4v) is 4.00. The van der Waals surface area contributed by atoms with E-state index in [9.17, 15) is 22.8 Å². The molecular weight excluding hydrogens is 437 g/mol. The zero-order valence-corrected chi connectivity index (χ0v) is 17.3. The predicted molar refractivity (Wildman–Crippen MR) is 110 cm³/mol. The molecule has 7 nitrogen and oxygen atoms in total. The summed E-state index contributed by atoms with van der Waals surface area (Å²) in [5.74, 6) is -1.80. The maximum absolute atomic E-state index is 12.8. The Kier molecular flexibility index (Phi) is 5.15. The summed E-state index contributed by atoms with van der Waals surface area (Å²) in [4.78, 5) is 30.6. The number of fused-ring (bicyclic) bond motifs is 1. The third-order valence-corrected chi connectivity index (χ3v) is 5.87. The molecule has 1 aliphatic carbocycles. The lowest BCUT2D eigenvalue weighted by Crippen LogP contribution is -2.38. The Labute approximate surface area is 186 Å². The first-order chi connectivity index (χ1) is 15.8. The van der Waals surface area contributed by atoms with Gasteiger partial charge >= 0.3 is 12.1 Å². The number of alkyl halides is 3. The molecule has 5 rings (SSSR count). The maximum atomic E-state index is 12.8. The number of carbonyl (C=O) groups excluding carboxylic acids is 2. The first kappa shape index (κ1) is 21.2. The first-order valence-electron chi connectivity index (χ1n) is 10.5. The van der Waals surface area contributed by atoms with Gasteiger partial charge in [-0.15, -0.1) is 0 Å². The Morgan fingerprint density at radius 3 is 2.48 bits per heavy atom. The van der Waals surface area contributed by atoms with Gasteiger partial charge in [0.1, 0.15) is 0 Å². The summed E-state index contributed by atoms with van der Waals surface area (Å²) in [5, 5.41) is 6.22. The van der Waals surface area contributed by atoms with Crippen molar-refractivity contribution in [1.82, 2.24) is 20.4 Å². The van der Waals surface area contributed by atoms with Crippen LogP contribution in [0.3, 0.4) is 0 Å². The summed E-state index contributed by atoms with van der Waals surface area (Å²) in [6.45, 7) is 0.793. The van der Waals surface area contributed by atoms with Gasteiger partial charge in [-0.25, -0.2) is 0 Å². The highest BCUT2D eigenvalue weighted by Gasteiger charge is 2.40. The Bertz CT molecular complexity index is 1200. The molecule has 1 unspecified atom stereocenters. The zero-order valence-electron chi connectivity index (χ0n) is 17.3. The van der Waals surface area contributed by atoms with E-state index in [0.29, 0.717) is 12.1 Å². The molecule has 1 atom stereocenters. The van der Waals surface area contributed by atoms with Crippen LogP contribution in [0.1, 0.15) is 46.3 Å². The van der Waals surface area contributed by atoms with Crippen molar-refractivity contribution < 1.29 is 27.3 Å². The highest BCUT2D eigenvalue weighted by Crippen LogP contribution is 2.39. The van der Waals surface area contributed by atoms with E-state index in [0.717, 1.165) is 24.0 Å². The van der Waals surface area contributed by atoms with Crippen LogP contribution in [-0.2, 0) is 17.5 Å². The van der Waals surface area contributed by atoms with Crippen molar-refractivity contribution in [2.75, 3.05) is 6.54 Å². The number of rotatable bonds is 5.